The number of hydrogen-bond donors (Lipinski definition) is 2. The van der Waals surface area contributed by atoms with Crippen LogP contribution in [0.15, 0.2) is 0 Å². The molecular weight excluding hydrogens is 298 g/mol. The van der Waals surface area contributed by atoms with E-state index in [2.05, 4.69) is 5.32 Å². The molecule has 0 aliphatic heterocycles. The summed E-state index contributed by atoms with van der Waals surface area (Å²) in [6, 6.07) is -0.987. The molecule has 0 spiro atoms. The van der Waals surface area contributed by atoms with Crippen molar-refractivity contribution in [2.24, 2.45) is 23.2 Å². The molecule has 0 radical (unpaired) electrons. The maximum Gasteiger partial charge on any atom is 0.408 e. The maximum atomic E-state index is 12.3. The number of hydrogen-bond acceptors (Lipinski definition) is 4. The zero-order valence-electron chi connectivity index (χ0n) is 13.9. The summed E-state index contributed by atoms with van der Waals surface area (Å²) in [4.78, 5) is 36.2. The Morgan fingerprint density at radius 3 is 2.26 bits per heavy atom. The van der Waals surface area contributed by atoms with Gasteiger partial charge in [0.1, 0.15) is 17.4 Å². The Morgan fingerprint density at radius 1 is 1.22 bits per heavy atom. The van der Waals surface area contributed by atoms with Gasteiger partial charge in [0, 0.05) is 17.3 Å². The van der Waals surface area contributed by atoms with Gasteiger partial charge in [-0.25, -0.2) is 9.59 Å². The quantitative estimate of drug-likeness (QED) is 0.831. The van der Waals surface area contributed by atoms with Crippen molar-refractivity contribution in [1.82, 2.24) is 5.32 Å². The number of ketones is 1. The van der Waals surface area contributed by atoms with E-state index in [1.54, 1.807) is 20.8 Å². The number of Topliss-reactive ketones (excluding diaryl/α,β-unsaturated/α-hetero) is 1. The van der Waals surface area contributed by atoms with Gasteiger partial charge in [0.15, 0.2) is 0 Å². The van der Waals surface area contributed by atoms with E-state index in [1.807, 2.05) is 0 Å². The third-order valence-corrected chi connectivity index (χ3v) is 5.56. The van der Waals surface area contributed by atoms with Crippen LogP contribution >= 0.6 is 0 Å². The first-order valence-corrected chi connectivity index (χ1v) is 8.36. The van der Waals surface area contributed by atoms with Crippen LogP contribution in [0.25, 0.3) is 0 Å². The Balaban J connectivity index is 1.80. The van der Waals surface area contributed by atoms with Gasteiger partial charge in [-0.2, -0.15) is 0 Å². The van der Waals surface area contributed by atoms with Crippen LogP contribution < -0.4 is 5.32 Å². The summed E-state index contributed by atoms with van der Waals surface area (Å²) in [5.74, 6) is -0.372. The number of carbonyl (C=O) groups is 3. The summed E-state index contributed by atoms with van der Waals surface area (Å²) in [6.45, 7) is 5.23. The Kier molecular flexibility index (Phi) is 3.69. The molecule has 128 valence electrons. The molecule has 0 aromatic heterocycles. The number of amides is 1. The van der Waals surface area contributed by atoms with Crippen LogP contribution in [0.5, 0.6) is 0 Å². The molecule has 0 aromatic carbocycles. The van der Waals surface area contributed by atoms with Crippen LogP contribution in [0, 0.1) is 23.2 Å². The molecule has 4 bridgehead atoms. The van der Waals surface area contributed by atoms with Gasteiger partial charge in [-0.15, -0.1) is 0 Å². The Bertz CT molecular complexity index is 532. The first-order valence-electron chi connectivity index (χ1n) is 8.36. The smallest absolute Gasteiger partial charge is 0.408 e. The predicted molar refractivity (Wildman–Crippen MR) is 81.8 cm³/mol. The fourth-order valence-corrected chi connectivity index (χ4v) is 5.06. The zero-order chi connectivity index (χ0) is 17.0. The summed E-state index contributed by atoms with van der Waals surface area (Å²) >= 11 is 0. The van der Waals surface area contributed by atoms with Crippen molar-refractivity contribution in [2.45, 2.75) is 64.5 Å². The molecule has 4 fully saturated rings. The lowest BCUT2D eigenvalue weighted by molar-refractivity contribution is -0.160. The summed E-state index contributed by atoms with van der Waals surface area (Å²) in [5, 5.41) is 12.3. The average Bonchev–Trinajstić information content (AvgIpc) is 2.38. The molecule has 2 unspecified atom stereocenters. The molecule has 4 aliphatic rings. The lowest BCUT2D eigenvalue weighted by atomic mass is 9.47. The van der Waals surface area contributed by atoms with Crippen LogP contribution in [0.2, 0.25) is 0 Å². The van der Waals surface area contributed by atoms with Crippen molar-refractivity contribution in [2.75, 3.05) is 0 Å². The fraction of sp³-hybridized carbons (Fsp3) is 0.824. The maximum absolute atomic E-state index is 12.3. The van der Waals surface area contributed by atoms with Crippen LogP contribution in [0.1, 0.15) is 52.9 Å². The standard InChI is InChI=1S/C17H25NO5/c1-16(2,3)23-15(22)18-13(14(20)21)17-6-9-4-10(7-17)12(19)11(5-9)8-17/h9-11,13H,4-8H2,1-3H3,(H,18,22)(H,20,21)/t9?,10?,11?,13-,17?/m1/s1. The molecule has 23 heavy (non-hydrogen) atoms. The van der Waals surface area contributed by atoms with Crippen LogP contribution in [0.4, 0.5) is 4.79 Å². The molecule has 2 N–H and O–H groups in total. The minimum absolute atomic E-state index is 0.0245. The third-order valence-electron chi connectivity index (χ3n) is 5.56. The average molecular weight is 323 g/mol. The molecular formula is C17H25NO5. The van der Waals surface area contributed by atoms with Crippen molar-refractivity contribution in [1.29, 1.82) is 0 Å². The number of carboxylic acid groups (broad SMARTS) is 1. The van der Waals surface area contributed by atoms with Crippen LogP contribution in [-0.2, 0) is 14.3 Å². The second-order valence-corrected chi connectivity index (χ2v) is 8.53. The lowest BCUT2D eigenvalue weighted by Crippen LogP contribution is -2.62. The van der Waals surface area contributed by atoms with E-state index in [0.717, 1.165) is 19.3 Å². The highest BCUT2D eigenvalue weighted by Gasteiger charge is 2.59. The number of ether oxygens (including phenoxy) is 1. The van der Waals surface area contributed by atoms with Crippen molar-refractivity contribution in [3.8, 4) is 0 Å². The summed E-state index contributed by atoms with van der Waals surface area (Å²) in [7, 11) is 0. The van der Waals surface area contributed by atoms with Gasteiger partial charge in [0.2, 0.25) is 0 Å². The Labute approximate surface area is 136 Å². The van der Waals surface area contributed by atoms with Gasteiger partial charge in [0.05, 0.1) is 0 Å². The number of aliphatic carboxylic acids is 1. The van der Waals surface area contributed by atoms with Gasteiger partial charge < -0.3 is 15.2 Å². The second-order valence-electron chi connectivity index (χ2n) is 8.53. The minimum atomic E-state index is -1.04. The summed E-state index contributed by atoms with van der Waals surface area (Å²) in [6.07, 6.45) is 3.00. The molecule has 4 rings (SSSR count). The SMILES string of the molecule is CC(C)(C)OC(=O)N[C@H](C(=O)O)C12CC3CC(C1)C(=O)C(C3)C2. The molecule has 3 atom stereocenters. The van der Waals surface area contributed by atoms with Crippen molar-refractivity contribution in [3.05, 3.63) is 0 Å². The monoisotopic (exact) mass is 323 g/mol. The normalized spacial score (nSPS) is 36.7. The topological polar surface area (TPSA) is 92.7 Å². The Hall–Kier alpha value is -1.59. The molecule has 0 heterocycles. The molecule has 6 nitrogen and oxygen atoms in total. The highest BCUT2D eigenvalue weighted by Crippen LogP contribution is 2.60. The second kappa shape index (κ2) is 5.21. The highest BCUT2D eigenvalue weighted by molar-refractivity contribution is 5.87. The third kappa shape index (κ3) is 2.95. The molecule has 0 saturated heterocycles. The molecule has 1 amide bonds. The summed E-state index contributed by atoms with van der Waals surface area (Å²) in [5.41, 5.74) is -1.18. The van der Waals surface area contributed by atoms with Crippen LogP contribution in [0.3, 0.4) is 0 Å². The van der Waals surface area contributed by atoms with Crippen molar-refractivity contribution >= 4 is 17.8 Å². The largest absolute Gasteiger partial charge is 0.480 e. The van der Waals surface area contributed by atoms with E-state index in [4.69, 9.17) is 4.74 Å². The molecule has 4 aliphatic carbocycles. The van der Waals surface area contributed by atoms with E-state index < -0.39 is 29.1 Å². The molecule has 6 heteroatoms. The van der Waals surface area contributed by atoms with Crippen LogP contribution in [-0.4, -0.2) is 34.6 Å². The predicted octanol–water partition coefficient (Wildman–Crippen LogP) is 2.36. The van der Waals surface area contributed by atoms with E-state index >= 15 is 0 Å². The zero-order valence-corrected chi connectivity index (χ0v) is 13.9. The first-order chi connectivity index (χ1) is 10.6. The summed E-state index contributed by atoms with van der Waals surface area (Å²) < 4.78 is 5.22. The van der Waals surface area contributed by atoms with Gasteiger partial charge in [-0.3, -0.25) is 4.79 Å². The minimum Gasteiger partial charge on any atom is -0.480 e. The number of carbonyl (C=O) groups excluding carboxylic acids is 2. The fourth-order valence-electron chi connectivity index (χ4n) is 5.06. The number of rotatable bonds is 3. The number of carboxylic acids is 1. The molecule has 0 aromatic rings. The highest BCUT2D eigenvalue weighted by atomic mass is 16.6. The van der Waals surface area contributed by atoms with Gasteiger partial charge in [-0.05, 0) is 58.8 Å². The number of nitrogens with one attached hydrogen (secondary N) is 1. The molecule has 4 saturated carbocycles. The van der Waals surface area contributed by atoms with E-state index in [-0.39, 0.29) is 11.8 Å². The van der Waals surface area contributed by atoms with Crippen molar-refractivity contribution < 1.29 is 24.2 Å². The van der Waals surface area contributed by atoms with E-state index in [1.165, 1.54) is 0 Å². The van der Waals surface area contributed by atoms with Crippen molar-refractivity contribution in [3.63, 3.8) is 0 Å². The van der Waals surface area contributed by atoms with Gasteiger partial charge in [0.25, 0.3) is 0 Å². The van der Waals surface area contributed by atoms with Gasteiger partial charge >= 0.3 is 12.1 Å². The first kappa shape index (κ1) is 16.3. The number of alkyl carbamates (subject to hydrolysis) is 1. The van der Waals surface area contributed by atoms with Gasteiger partial charge in [-0.1, -0.05) is 0 Å². The van der Waals surface area contributed by atoms with E-state index in [0.29, 0.717) is 24.5 Å². The Morgan fingerprint density at radius 2 is 1.78 bits per heavy atom. The van der Waals surface area contributed by atoms with E-state index in [9.17, 15) is 19.5 Å². The lowest BCUT2D eigenvalue weighted by Gasteiger charge is -2.57.